The van der Waals surface area contributed by atoms with Crippen LogP contribution in [0.25, 0.3) is 16.7 Å². The van der Waals surface area contributed by atoms with Gasteiger partial charge in [0.1, 0.15) is 15.4 Å². The highest BCUT2D eigenvalue weighted by Crippen LogP contribution is 2.44. The van der Waals surface area contributed by atoms with Gasteiger partial charge in [-0.3, -0.25) is 15.1 Å². The van der Waals surface area contributed by atoms with Crippen LogP contribution in [0, 0.1) is 6.92 Å². The Morgan fingerprint density at radius 1 is 1.30 bits per heavy atom. The average Bonchev–Trinajstić information content (AvgIpc) is 3.31. The van der Waals surface area contributed by atoms with Gasteiger partial charge in [-0.05, 0) is 32.8 Å². The van der Waals surface area contributed by atoms with Crippen LogP contribution in [0.2, 0.25) is 0 Å². The zero-order chi connectivity index (χ0) is 23.4. The lowest BCUT2D eigenvalue weighted by Crippen LogP contribution is -2.54. The van der Waals surface area contributed by atoms with E-state index in [4.69, 9.17) is 9.82 Å². The van der Waals surface area contributed by atoms with Gasteiger partial charge >= 0.3 is 0 Å². The molecule has 10 nitrogen and oxygen atoms in total. The molecule has 178 valence electrons. The Kier molecular flexibility index (Phi) is 5.36. The molecule has 2 fully saturated rings. The van der Waals surface area contributed by atoms with E-state index in [1.807, 2.05) is 24.7 Å². The molecule has 0 radical (unpaired) electrons. The Hall–Kier alpha value is -2.66. The zero-order valence-corrected chi connectivity index (χ0v) is 20.0. The molecule has 5 rings (SSSR count). The van der Waals surface area contributed by atoms with Crippen molar-refractivity contribution < 1.29 is 18.0 Å². The zero-order valence-electron chi connectivity index (χ0n) is 19.1. The molecule has 0 aromatic carbocycles. The first-order valence-electron chi connectivity index (χ1n) is 11.5. The van der Waals surface area contributed by atoms with Crippen LogP contribution in [0.4, 0.5) is 5.69 Å². The maximum absolute atomic E-state index is 11.9. The summed E-state index contributed by atoms with van der Waals surface area (Å²) in [6.45, 7) is 6.22. The number of aromatic nitrogens is 3. The van der Waals surface area contributed by atoms with Crippen molar-refractivity contribution in [2.45, 2.75) is 70.7 Å². The van der Waals surface area contributed by atoms with Crippen molar-refractivity contribution in [3.63, 3.8) is 0 Å². The predicted molar refractivity (Wildman–Crippen MR) is 125 cm³/mol. The smallest absolute Gasteiger partial charge is 0.217 e. The number of rotatable bonds is 5. The second-order valence-corrected chi connectivity index (χ2v) is 11.7. The van der Waals surface area contributed by atoms with Gasteiger partial charge in [0, 0.05) is 50.2 Å². The third-order valence-corrected chi connectivity index (χ3v) is 8.51. The van der Waals surface area contributed by atoms with E-state index in [1.165, 1.54) is 6.92 Å². The van der Waals surface area contributed by atoms with Gasteiger partial charge in [0.25, 0.3) is 0 Å². The Morgan fingerprint density at radius 3 is 2.70 bits per heavy atom. The van der Waals surface area contributed by atoms with Crippen LogP contribution >= 0.6 is 0 Å². The van der Waals surface area contributed by atoms with Crippen molar-refractivity contribution in [3.05, 3.63) is 23.5 Å². The number of hydroxylamine groups is 1. The first-order chi connectivity index (χ1) is 15.7. The Bertz CT molecular complexity index is 1230. The number of pyridine rings is 1. The largest absolute Gasteiger partial charge is 0.381 e. The first-order valence-corrected chi connectivity index (χ1v) is 13.3. The van der Waals surface area contributed by atoms with Crippen LogP contribution in [-0.2, 0) is 26.0 Å². The number of anilines is 1. The molecule has 11 heteroatoms. The van der Waals surface area contributed by atoms with Crippen LogP contribution in [-0.4, -0.2) is 58.3 Å². The quantitative estimate of drug-likeness (QED) is 0.597. The van der Waals surface area contributed by atoms with Crippen molar-refractivity contribution in [2.75, 3.05) is 16.8 Å². The van der Waals surface area contributed by atoms with E-state index in [-0.39, 0.29) is 29.5 Å². The van der Waals surface area contributed by atoms with Gasteiger partial charge in [0.2, 0.25) is 5.91 Å². The molecule has 1 amide bonds. The van der Waals surface area contributed by atoms with E-state index in [1.54, 1.807) is 0 Å². The lowest BCUT2D eigenvalue weighted by Gasteiger charge is -2.41. The number of nitrogens with one attached hydrogen (secondary N) is 3. The minimum atomic E-state index is -2.95. The van der Waals surface area contributed by atoms with E-state index in [2.05, 4.69) is 27.3 Å². The van der Waals surface area contributed by atoms with E-state index < -0.39 is 15.4 Å². The topological polar surface area (TPSA) is 127 Å². The van der Waals surface area contributed by atoms with Crippen LogP contribution < -0.4 is 16.1 Å². The number of carbonyl (C=O) groups excluding carboxylic acids is 1. The van der Waals surface area contributed by atoms with Crippen molar-refractivity contribution in [2.24, 2.45) is 0 Å². The molecule has 1 spiro atoms. The SMILES string of the molecule is CCn1nc(C)c2c(NC3CCS(=O)(=O)CC3)c(C3=CC4(CC(NC(C)=O)C4)ON3)cnc21. The van der Waals surface area contributed by atoms with E-state index in [0.717, 1.165) is 33.7 Å². The highest BCUT2D eigenvalue weighted by atomic mass is 32.2. The molecule has 0 unspecified atom stereocenters. The third kappa shape index (κ3) is 4.08. The van der Waals surface area contributed by atoms with Crippen LogP contribution in [0.1, 0.15) is 50.8 Å². The maximum atomic E-state index is 11.9. The van der Waals surface area contributed by atoms with E-state index in [9.17, 15) is 13.2 Å². The van der Waals surface area contributed by atoms with E-state index >= 15 is 0 Å². The summed E-state index contributed by atoms with van der Waals surface area (Å²) in [4.78, 5) is 22.0. The summed E-state index contributed by atoms with van der Waals surface area (Å²) in [5.74, 6) is 0.349. The van der Waals surface area contributed by atoms with Gasteiger partial charge in [-0.1, -0.05) is 0 Å². The molecule has 1 saturated heterocycles. The predicted octanol–water partition coefficient (Wildman–Crippen LogP) is 1.66. The summed E-state index contributed by atoms with van der Waals surface area (Å²) in [5, 5.41) is 12.2. The molecule has 0 bridgehead atoms. The number of hydrogen-bond acceptors (Lipinski definition) is 8. The molecule has 3 aliphatic rings. The Labute approximate surface area is 193 Å². The minimum Gasteiger partial charge on any atom is -0.381 e. The molecular formula is C22H30N6O4S. The summed E-state index contributed by atoms with van der Waals surface area (Å²) in [7, 11) is -2.95. The van der Waals surface area contributed by atoms with Gasteiger partial charge in [0.05, 0.1) is 34.0 Å². The van der Waals surface area contributed by atoms with Gasteiger partial charge in [0.15, 0.2) is 5.65 Å². The third-order valence-electron chi connectivity index (χ3n) is 6.79. The molecular weight excluding hydrogens is 444 g/mol. The number of amides is 1. The second kappa shape index (κ2) is 7.98. The fourth-order valence-electron chi connectivity index (χ4n) is 5.11. The highest BCUT2D eigenvalue weighted by molar-refractivity contribution is 7.91. The van der Waals surface area contributed by atoms with Crippen LogP contribution in [0.3, 0.4) is 0 Å². The molecule has 2 aliphatic heterocycles. The number of carbonyl (C=O) groups is 1. The summed E-state index contributed by atoms with van der Waals surface area (Å²) in [6, 6.07) is 0.152. The lowest BCUT2D eigenvalue weighted by molar-refractivity contribution is -0.126. The maximum Gasteiger partial charge on any atom is 0.217 e. The number of aryl methyl sites for hydroxylation is 2. The van der Waals surface area contributed by atoms with E-state index in [0.29, 0.717) is 32.2 Å². The van der Waals surface area contributed by atoms with Crippen molar-refractivity contribution in [1.82, 2.24) is 25.6 Å². The summed E-state index contributed by atoms with van der Waals surface area (Å²) in [6.07, 6.45) is 6.44. The van der Waals surface area contributed by atoms with Gasteiger partial charge in [-0.25, -0.2) is 18.1 Å². The fraction of sp³-hybridized carbons (Fsp3) is 0.591. The molecule has 1 aliphatic carbocycles. The van der Waals surface area contributed by atoms with Crippen molar-refractivity contribution >= 4 is 38.2 Å². The number of nitrogens with zero attached hydrogens (tertiary/aromatic N) is 3. The average molecular weight is 475 g/mol. The Balaban J connectivity index is 1.50. The summed E-state index contributed by atoms with van der Waals surface area (Å²) in [5.41, 5.74) is 6.89. The van der Waals surface area contributed by atoms with Crippen molar-refractivity contribution in [1.29, 1.82) is 0 Å². The molecule has 3 N–H and O–H groups in total. The van der Waals surface area contributed by atoms with Gasteiger partial charge < -0.3 is 10.6 Å². The number of sulfone groups is 1. The van der Waals surface area contributed by atoms with Crippen LogP contribution in [0.5, 0.6) is 0 Å². The number of hydrogen-bond donors (Lipinski definition) is 3. The van der Waals surface area contributed by atoms with Gasteiger partial charge in [-0.15, -0.1) is 0 Å². The van der Waals surface area contributed by atoms with Crippen LogP contribution in [0.15, 0.2) is 12.3 Å². The molecule has 1 saturated carbocycles. The standard InChI is InChI=1S/C22H30N6O4S/c1-4-28-21-19(13(2)26-28)20(25-15-5-7-33(30,31)8-6-15)17(12-23-21)18-11-22(32-27-18)9-16(10-22)24-14(3)29/h11-12,15-16,27H,4-10H2,1-3H3,(H,23,25)(H,24,29). The second-order valence-electron chi connectivity index (χ2n) is 9.35. The molecule has 2 aromatic heterocycles. The number of fused-ring (bicyclic) bond motifs is 1. The van der Waals surface area contributed by atoms with Crippen molar-refractivity contribution in [3.8, 4) is 0 Å². The monoisotopic (exact) mass is 474 g/mol. The summed E-state index contributed by atoms with van der Waals surface area (Å²) < 4.78 is 25.7. The van der Waals surface area contributed by atoms with Gasteiger partial charge in [-0.2, -0.15) is 5.10 Å². The highest BCUT2D eigenvalue weighted by Gasteiger charge is 2.48. The normalized spacial score (nSPS) is 22.1. The lowest BCUT2D eigenvalue weighted by atomic mass is 9.75. The fourth-order valence-corrected chi connectivity index (χ4v) is 6.60. The minimum absolute atomic E-state index is 0.0379. The Morgan fingerprint density at radius 2 is 2.03 bits per heavy atom. The molecule has 33 heavy (non-hydrogen) atoms. The first kappa shape index (κ1) is 22.1. The molecule has 0 atom stereocenters. The molecule has 4 heterocycles. The summed E-state index contributed by atoms with van der Waals surface area (Å²) >= 11 is 0. The molecule has 2 aromatic rings.